The van der Waals surface area contributed by atoms with E-state index >= 15 is 0 Å². The number of hydrogen-bond acceptors (Lipinski definition) is 7. The van der Waals surface area contributed by atoms with Crippen LogP contribution in [0.25, 0.3) is 0 Å². The van der Waals surface area contributed by atoms with Crippen molar-refractivity contribution >= 4 is 29.0 Å². The van der Waals surface area contributed by atoms with Gasteiger partial charge in [-0.2, -0.15) is 0 Å². The summed E-state index contributed by atoms with van der Waals surface area (Å²) in [6.07, 6.45) is 0. The number of Topliss-reactive ketones (excluding diaryl/α,β-unsaturated/α-hetero) is 1. The van der Waals surface area contributed by atoms with Gasteiger partial charge in [0.05, 0.1) is 16.8 Å². The van der Waals surface area contributed by atoms with Gasteiger partial charge in [0.25, 0.3) is 0 Å². The Morgan fingerprint density at radius 1 is 1.05 bits per heavy atom. The van der Waals surface area contributed by atoms with Crippen molar-refractivity contribution in [3.63, 3.8) is 0 Å². The van der Waals surface area contributed by atoms with Gasteiger partial charge in [-0.3, -0.25) is 9.59 Å². The third-order valence-corrected chi connectivity index (χ3v) is 8.88. The third-order valence-electron chi connectivity index (χ3n) is 7.99. The number of nitrogens with zero attached hydrogens (tertiary/aromatic N) is 1. The van der Waals surface area contributed by atoms with E-state index in [9.17, 15) is 19.5 Å². The van der Waals surface area contributed by atoms with Crippen LogP contribution in [0.1, 0.15) is 66.0 Å². The predicted molar refractivity (Wildman–Crippen MR) is 150 cm³/mol. The Bertz CT molecular complexity index is 1430. The first-order valence-corrected chi connectivity index (χ1v) is 14.0. The minimum atomic E-state index is -1.77. The number of carbonyl (C=O) groups excluding carboxylic acids is 2. The Balaban J connectivity index is 1.77. The van der Waals surface area contributed by atoms with Crippen molar-refractivity contribution in [2.75, 3.05) is 20.5 Å². The van der Waals surface area contributed by atoms with Crippen molar-refractivity contribution in [2.24, 2.45) is 5.92 Å². The van der Waals surface area contributed by atoms with Gasteiger partial charge in [-0.1, -0.05) is 57.2 Å². The molecule has 0 aliphatic carbocycles. The van der Waals surface area contributed by atoms with E-state index in [0.29, 0.717) is 27.5 Å². The van der Waals surface area contributed by atoms with Gasteiger partial charge in [-0.15, -0.1) is 11.3 Å². The summed E-state index contributed by atoms with van der Waals surface area (Å²) >= 11 is 1.30. The summed E-state index contributed by atoms with van der Waals surface area (Å²) in [4.78, 5) is 43.3. The number of likely N-dealkylation sites (tertiary alicyclic amines) is 1. The zero-order valence-corrected chi connectivity index (χ0v) is 24.0. The lowest BCUT2D eigenvalue weighted by molar-refractivity contribution is -0.159. The molecule has 5 rings (SSSR count). The standard InChI is InChI=1S/C31H33NO7S/c1-30(2,3)20-11-8-18(9-12-20)26-25(28(34)23-7-6-14-40-23)27(19-10-13-21-22(15-19)39-17-38-21)32(24(33)16-37-5)31(26,4)29(35)36/h6-15,25-27H,16-17H2,1-5H3,(H,35,36). The molecular weight excluding hydrogens is 530 g/mol. The normalized spacial score (nSPS) is 23.8. The van der Waals surface area contributed by atoms with Crippen molar-refractivity contribution in [1.82, 2.24) is 4.90 Å². The molecule has 2 aliphatic heterocycles. The van der Waals surface area contributed by atoms with Gasteiger partial charge in [0.2, 0.25) is 12.7 Å². The zero-order valence-electron chi connectivity index (χ0n) is 23.2. The monoisotopic (exact) mass is 563 g/mol. The first-order chi connectivity index (χ1) is 19.0. The highest BCUT2D eigenvalue weighted by Crippen LogP contribution is 2.57. The fraction of sp³-hybridized carbons (Fsp3) is 0.387. The molecule has 1 saturated heterocycles. The van der Waals surface area contributed by atoms with Gasteiger partial charge in [0.1, 0.15) is 12.1 Å². The summed E-state index contributed by atoms with van der Waals surface area (Å²) in [6, 6.07) is 15.6. The molecule has 0 saturated carbocycles. The lowest BCUT2D eigenvalue weighted by Crippen LogP contribution is -2.55. The van der Waals surface area contributed by atoms with Crippen molar-refractivity contribution in [3.05, 3.63) is 81.5 Å². The van der Waals surface area contributed by atoms with E-state index < -0.39 is 35.3 Å². The van der Waals surface area contributed by atoms with Gasteiger partial charge >= 0.3 is 5.97 Å². The number of ketones is 1. The van der Waals surface area contributed by atoms with Crippen LogP contribution in [0.3, 0.4) is 0 Å². The number of aliphatic carboxylic acids is 1. The number of ether oxygens (including phenoxy) is 3. The summed E-state index contributed by atoms with van der Waals surface area (Å²) in [7, 11) is 1.39. The molecular formula is C31H33NO7S. The Morgan fingerprint density at radius 2 is 1.73 bits per heavy atom. The largest absolute Gasteiger partial charge is 0.479 e. The van der Waals surface area contributed by atoms with Crippen LogP contribution in [0.15, 0.2) is 60.0 Å². The van der Waals surface area contributed by atoms with Gasteiger partial charge < -0.3 is 24.2 Å². The van der Waals surface area contributed by atoms with E-state index in [1.165, 1.54) is 30.3 Å². The number of amides is 1. The summed E-state index contributed by atoms with van der Waals surface area (Å²) in [5.74, 6) is -2.67. The van der Waals surface area contributed by atoms with Crippen molar-refractivity contribution in [2.45, 2.75) is 50.6 Å². The Hall–Kier alpha value is -3.69. The topological polar surface area (TPSA) is 102 Å². The molecule has 1 fully saturated rings. The number of carbonyl (C=O) groups is 3. The van der Waals surface area contributed by atoms with Crippen LogP contribution in [0.5, 0.6) is 11.5 Å². The highest BCUT2D eigenvalue weighted by molar-refractivity contribution is 7.12. The SMILES string of the molecule is COCC(=O)N1C(c2ccc3c(c2)OCO3)C(C(=O)c2cccs2)C(c2ccc(C(C)(C)C)cc2)C1(C)C(=O)O. The van der Waals surface area contributed by atoms with Crippen LogP contribution >= 0.6 is 11.3 Å². The maximum Gasteiger partial charge on any atom is 0.330 e. The number of rotatable bonds is 7. The van der Waals surface area contributed by atoms with E-state index in [2.05, 4.69) is 20.8 Å². The van der Waals surface area contributed by atoms with Gasteiger partial charge in [-0.05, 0) is 52.6 Å². The molecule has 3 aromatic rings. The molecule has 1 aromatic heterocycles. The van der Waals surface area contributed by atoms with E-state index in [0.717, 1.165) is 5.56 Å². The zero-order chi connectivity index (χ0) is 28.8. The number of benzene rings is 2. The fourth-order valence-electron chi connectivity index (χ4n) is 6.03. The molecule has 3 heterocycles. The van der Waals surface area contributed by atoms with E-state index in [-0.39, 0.29) is 24.6 Å². The fourth-order valence-corrected chi connectivity index (χ4v) is 6.74. The molecule has 1 N–H and O–H groups in total. The molecule has 2 aromatic carbocycles. The molecule has 0 radical (unpaired) electrons. The van der Waals surface area contributed by atoms with Gasteiger partial charge in [0, 0.05) is 13.0 Å². The second kappa shape index (κ2) is 10.4. The van der Waals surface area contributed by atoms with Crippen LogP contribution in [0.4, 0.5) is 0 Å². The average molecular weight is 564 g/mol. The number of methoxy groups -OCH3 is 1. The molecule has 40 heavy (non-hydrogen) atoms. The van der Waals surface area contributed by atoms with Crippen molar-refractivity contribution in [3.8, 4) is 11.5 Å². The highest BCUT2D eigenvalue weighted by Gasteiger charge is 2.65. The van der Waals surface area contributed by atoms with Crippen molar-refractivity contribution in [1.29, 1.82) is 0 Å². The quantitative estimate of drug-likeness (QED) is 0.383. The van der Waals surface area contributed by atoms with Crippen LogP contribution < -0.4 is 9.47 Å². The molecule has 4 atom stereocenters. The minimum Gasteiger partial charge on any atom is -0.479 e. The van der Waals surface area contributed by atoms with Crippen LogP contribution in [-0.4, -0.2) is 53.7 Å². The number of thiophene rings is 1. The first kappa shape index (κ1) is 27.9. The van der Waals surface area contributed by atoms with Gasteiger partial charge in [0.15, 0.2) is 17.3 Å². The molecule has 4 unspecified atom stereocenters. The highest BCUT2D eigenvalue weighted by atomic mass is 32.1. The second-order valence-electron chi connectivity index (χ2n) is 11.4. The lowest BCUT2D eigenvalue weighted by atomic mass is 9.72. The molecule has 1 amide bonds. The summed E-state index contributed by atoms with van der Waals surface area (Å²) < 4.78 is 16.3. The average Bonchev–Trinajstić information content (AvgIpc) is 3.66. The Kier molecular flexibility index (Phi) is 7.22. The smallest absolute Gasteiger partial charge is 0.330 e. The Morgan fingerprint density at radius 3 is 2.33 bits per heavy atom. The van der Waals surface area contributed by atoms with Crippen LogP contribution in [-0.2, 0) is 19.7 Å². The van der Waals surface area contributed by atoms with Crippen molar-refractivity contribution < 1.29 is 33.7 Å². The van der Waals surface area contributed by atoms with E-state index in [1.807, 2.05) is 29.6 Å². The summed E-state index contributed by atoms with van der Waals surface area (Å²) in [5, 5.41) is 12.7. The molecule has 210 valence electrons. The predicted octanol–water partition coefficient (Wildman–Crippen LogP) is 5.43. The van der Waals surface area contributed by atoms with Crippen LogP contribution in [0.2, 0.25) is 0 Å². The second-order valence-corrected chi connectivity index (χ2v) is 12.4. The number of carboxylic acids is 1. The summed E-state index contributed by atoms with van der Waals surface area (Å²) in [6.45, 7) is 7.56. The molecule has 2 aliphatic rings. The van der Waals surface area contributed by atoms with Crippen LogP contribution in [0, 0.1) is 5.92 Å². The molecule has 8 nitrogen and oxygen atoms in total. The first-order valence-electron chi connectivity index (χ1n) is 13.1. The number of hydrogen-bond donors (Lipinski definition) is 1. The maximum absolute atomic E-state index is 14.4. The van der Waals surface area contributed by atoms with Gasteiger partial charge in [-0.25, -0.2) is 4.79 Å². The maximum atomic E-state index is 14.4. The Labute approximate surface area is 237 Å². The number of carboxylic acid groups (broad SMARTS) is 1. The number of fused-ring (bicyclic) bond motifs is 1. The lowest BCUT2D eigenvalue weighted by Gasteiger charge is -2.38. The molecule has 0 spiro atoms. The summed E-state index contributed by atoms with van der Waals surface area (Å²) in [5.41, 5.74) is 0.451. The van der Waals surface area contributed by atoms with E-state index in [1.54, 1.807) is 30.3 Å². The minimum absolute atomic E-state index is 0.0585. The third kappa shape index (κ3) is 4.57. The van der Waals surface area contributed by atoms with E-state index in [4.69, 9.17) is 14.2 Å². The molecule has 9 heteroatoms. The molecule has 0 bridgehead atoms.